The zero-order chi connectivity index (χ0) is 29.0. The number of hydrogen-bond donors (Lipinski definition) is 3. The van der Waals surface area contributed by atoms with Gasteiger partial charge in [0.25, 0.3) is 0 Å². The molecule has 5 heterocycles. The zero-order valence-corrected chi connectivity index (χ0v) is 22.1. The smallest absolute Gasteiger partial charge is 0.417 e. The largest absolute Gasteiger partial charge is 0.472 e. The molecule has 1 aromatic carbocycles. The van der Waals surface area contributed by atoms with Gasteiger partial charge in [-0.15, -0.1) is 0 Å². The van der Waals surface area contributed by atoms with E-state index in [0.29, 0.717) is 25.2 Å². The number of aliphatic hydroxyl groups is 1. The number of ether oxygens (including phenoxy) is 2. The van der Waals surface area contributed by atoms with E-state index in [1.165, 1.54) is 0 Å². The highest BCUT2D eigenvalue weighted by molar-refractivity contribution is 5.97. The molecule has 0 radical (unpaired) electrons. The third kappa shape index (κ3) is 3.97. The first-order chi connectivity index (χ1) is 19.4. The third-order valence-electron chi connectivity index (χ3n) is 8.70. The summed E-state index contributed by atoms with van der Waals surface area (Å²) in [5.41, 5.74) is 0.216. The predicted molar refractivity (Wildman–Crippen MR) is 138 cm³/mol. The van der Waals surface area contributed by atoms with Gasteiger partial charge < -0.3 is 30.5 Å². The van der Waals surface area contributed by atoms with Crippen molar-refractivity contribution in [2.24, 2.45) is 0 Å². The lowest BCUT2D eigenvalue weighted by Crippen LogP contribution is -2.62. The molecule has 14 heteroatoms. The second kappa shape index (κ2) is 8.74. The summed E-state index contributed by atoms with van der Waals surface area (Å²) in [6, 6.07) is 0.448. The van der Waals surface area contributed by atoms with E-state index in [4.69, 9.17) is 15.2 Å². The Labute approximate surface area is 230 Å². The second-order valence-corrected chi connectivity index (χ2v) is 11.4. The van der Waals surface area contributed by atoms with E-state index in [-0.39, 0.29) is 47.5 Å². The number of nitrogens with zero attached hydrogens (tertiary/aromatic N) is 4. The Kier molecular flexibility index (Phi) is 5.63. The van der Waals surface area contributed by atoms with Crippen LogP contribution in [0.2, 0.25) is 0 Å². The van der Waals surface area contributed by atoms with Crippen LogP contribution in [0.3, 0.4) is 0 Å². The Morgan fingerprint density at radius 3 is 2.63 bits per heavy atom. The summed E-state index contributed by atoms with van der Waals surface area (Å²) in [5.74, 6) is -2.28. The number of aliphatic hydroxyl groups excluding tert-OH is 1. The Morgan fingerprint density at radius 1 is 1.20 bits per heavy atom. The lowest BCUT2D eigenvalue weighted by atomic mass is 9.96. The third-order valence-corrected chi connectivity index (χ3v) is 8.70. The molecule has 1 saturated carbocycles. The van der Waals surface area contributed by atoms with E-state index >= 15 is 4.39 Å². The van der Waals surface area contributed by atoms with Crippen molar-refractivity contribution in [2.75, 3.05) is 23.8 Å². The molecule has 0 amide bonds. The number of anilines is 2. The van der Waals surface area contributed by atoms with Gasteiger partial charge >= 0.3 is 12.2 Å². The van der Waals surface area contributed by atoms with Crippen molar-refractivity contribution in [3.05, 3.63) is 28.8 Å². The minimum atomic E-state index is -5.05. The molecule has 3 aliphatic heterocycles. The van der Waals surface area contributed by atoms with E-state index in [1.807, 2.05) is 11.8 Å². The standard InChI is InChI=1S/C27H27F5N6O3/c1-10-17(27(30,31)32)13(7-14(33)18(10)28)20-19(29)21-16-23(37-25(36-21)41-26(9-39)5-6-26)38-8-12-3-4-15(34-12)22(38)11(2)40-24(16)35-20/h7,11-12,15,22,34,39H,3-6,8-9,33H2,1-2H3/t11-,12+,15-,22+/m0/s1. The molecule has 4 N–H and O–H groups in total. The number of hydrogen-bond acceptors (Lipinski definition) is 9. The summed E-state index contributed by atoms with van der Waals surface area (Å²) in [6.45, 7) is 2.97. The number of alkyl halides is 3. The number of nitrogens with two attached hydrogens (primary N) is 1. The predicted octanol–water partition coefficient (Wildman–Crippen LogP) is 3.87. The second-order valence-electron chi connectivity index (χ2n) is 11.4. The average molecular weight is 579 g/mol. The number of fused-ring (bicyclic) bond motifs is 5. The van der Waals surface area contributed by atoms with Crippen LogP contribution in [0.1, 0.15) is 43.7 Å². The number of pyridine rings is 1. The van der Waals surface area contributed by atoms with Gasteiger partial charge in [0, 0.05) is 24.2 Å². The van der Waals surface area contributed by atoms with Crippen molar-refractivity contribution < 1.29 is 36.5 Å². The van der Waals surface area contributed by atoms with Crippen LogP contribution in [0.4, 0.5) is 33.5 Å². The number of nitrogen functional groups attached to an aromatic ring is 1. The van der Waals surface area contributed by atoms with Gasteiger partial charge in [-0.05, 0) is 51.2 Å². The molecular weight excluding hydrogens is 551 g/mol. The zero-order valence-electron chi connectivity index (χ0n) is 22.1. The van der Waals surface area contributed by atoms with Crippen LogP contribution in [0, 0.1) is 18.6 Å². The van der Waals surface area contributed by atoms with E-state index in [1.54, 1.807) is 0 Å². The summed E-state index contributed by atoms with van der Waals surface area (Å²) in [5, 5.41) is 13.5. The van der Waals surface area contributed by atoms with Crippen molar-refractivity contribution in [1.82, 2.24) is 20.3 Å². The highest BCUT2D eigenvalue weighted by atomic mass is 19.4. The fraction of sp³-hybridized carbons (Fsp3) is 0.519. The van der Waals surface area contributed by atoms with Gasteiger partial charge in [-0.25, -0.2) is 13.8 Å². The first-order valence-electron chi connectivity index (χ1n) is 13.5. The molecule has 2 saturated heterocycles. The van der Waals surface area contributed by atoms with Gasteiger partial charge in [0.05, 0.1) is 23.9 Å². The van der Waals surface area contributed by atoms with Crippen LogP contribution in [-0.2, 0) is 6.18 Å². The molecule has 2 bridgehead atoms. The molecular formula is C27H27F5N6O3. The lowest BCUT2D eigenvalue weighted by molar-refractivity contribution is -0.137. The highest BCUT2D eigenvalue weighted by Crippen LogP contribution is 2.48. The monoisotopic (exact) mass is 578 g/mol. The number of benzene rings is 1. The topological polar surface area (TPSA) is 119 Å². The maximum atomic E-state index is 16.5. The molecule has 1 aliphatic carbocycles. The molecule has 4 aliphatic rings. The molecule has 0 spiro atoms. The van der Waals surface area contributed by atoms with Crippen molar-refractivity contribution in [3.8, 4) is 23.1 Å². The number of piperazine rings is 1. The molecule has 4 atom stereocenters. The van der Waals surface area contributed by atoms with E-state index in [0.717, 1.165) is 25.8 Å². The number of nitrogens with one attached hydrogen (secondary N) is 1. The van der Waals surface area contributed by atoms with Gasteiger partial charge in [0.2, 0.25) is 5.88 Å². The van der Waals surface area contributed by atoms with Gasteiger partial charge in [-0.1, -0.05) is 0 Å². The summed E-state index contributed by atoms with van der Waals surface area (Å²) >= 11 is 0. The summed E-state index contributed by atoms with van der Waals surface area (Å²) < 4.78 is 86.0. The van der Waals surface area contributed by atoms with Crippen molar-refractivity contribution in [3.63, 3.8) is 0 Å². The van der Waals surface area contributed by atoms with Gasteiger partial charge in [-0.2, -0.15) is 23.1 Å². The van der Waals surface area contributed by atoms with Crippen LogP contribution < -0.4 is 25.4 Å². The molecule has 41 heavy (non-hydrogen) atoms. The van der Waals surface area contributed by atoms with Crippen molar-refractivity contribution in [1.29, 1.82) is 0 Å². The normalized spacial score (nSPS) is 26.0. The first kappa shape index (κ1) is 26.4. The average Bonchev–Trinajstić information content (AvgIpc) is 3.61. The van der Waals surface area contributed by atoms with Gasteiger partial charge in [0.1, 0.15) is 39.9 Å². The Bertz CT molecular complexity index is 1600. The van der Waals surface area contributed by atoms with Gasteiger partial charge in [-0.3, -0.25) is 0 Å². The van der Waals surface area contributed by atoms with E-state index in [2.05, 4.69) is 20.3 Å². The maximum Gasteiger partial charge on any atom is 0.417 e. The summed E-state index contributed by atoms with van der Waals surface area (Å²) in [6.07, 6.45) is -2.68. The molecule has 0 unspecified atom stereocenters. The molecule has 9 nitrogen and oxygen atoms in total. The molecule has 7 rings (SSSR count). The fourth-order valence-corrected chi connectivity index (χ4v) is 6.51. The minimum absolute atomic E-state index is 0.0281. The lowest BCUT2D eigenvalue weighted by Gasteiger charge is -2.42. The van der Waals surface area contributed by atoms with E-state index in [9.17, 15) is 22.7 Å². The molecule has 218 valence electrons. The van der Waals surface area contributed by atoms with E-state index < -0.39 is 57.6 Å². The summed E-state index contributed by atoms with van der Waals surface area (Å²) in [4.78, 5) is 15.2. The maximum absolute atomic E-state index is 16.5. The molecule has 3 aromatic rings. The number of aromatic nitrogens is 3. The minimum Gasteiger partial charge on any atom is -0.472 e. The van der Waals surface area contributed by atoms with Crippen LogP contribution >= 0.6 is 0 Å². The molecule has 3 fully saturated rings. The Hall–Kier alpha value is -3.52. The quantitative estimate of drug-likeness (QED) is 0.313. The number of halogens is 5. The SMILES string of the molecule is Cc1c(F)c(N)cc(-c2nc3c4c(nc(OC5(CO)CC5)nc4c2F)N2C[C@H]4CC[C@H](N4)[C@H]2[C@H](C)O3)c1C(F)(F)F. The summed E-state index contributed by atoms with van der Waals surface area (Å²) in [7, 11) is 0. The molecule has 2 aromatic heterocycles. The highest BCUT2D eigenvalue weighted by Gasteiger charge is 2.49. The Balaban J connectivity index is 1.52. The first-order valence-corrected chi connectivity index (χ1v) is 13.5. The van der Waals surface area contributed by atoms with Crippen LogP contribution in [0.15, 0.2) is 6.07 Å². The van der Waals surface area contributed by atoms with Crippen molar-refractivity contribution >= 4 is 22.4 Å². The van der Waals surface area contributed by atoms with Crippen molar-refractivity contribution in [2.45, 2.75) is 75.5 Å². The van der Waals surface area contributed by atoms with Crippen LogP contribution in [0.25, 0.3) is 22.2 Å². The fourth-order valence-electron chi connectivity index (χ4n) is 6.51. The number of rotatable bonds is 4. The van der Waals surface area contributed by atoms with Crippen LogP contribution in [-0.4, -0.2) is 63.0 Å². The van der Waals surface area contributed by atoms with Gasteiger partial charge in [0.15, 0.2) is 5.82 Å². The Morgan fingerprint density at radius 2 is 1.95 bits per heavy atom. The van der Waals surface area contributed by atoms with Crippen LogP contribution in [0.5, 0.6) is 11.9 Å².